The number of rotatable bonds is 12. The fourth-order valence-electron chi connectivity index (χ4n) is 3.09. The third kappa shape index (κ3) is 11.2. The lowest BCUT2D eigenvalue weighted by molar-refractivity contribution is -0.140. The number of amides is 1. The molecule has 1 aromatic heterocycles. The standard InChI is InChI=1S/C17H16ClNO2.C10H17N3O2S/c1-11-8-9-14(18)10-15(11)19-17(21)12(2)16(20)13-6-4-3-5-7-13;1-2-3-4-5-6-15-10(14)8-16-9-7-11-13-12-9/h3-10,12H,1-2H3,(H,19,21);7H,2-6,8H2,1H3,(H,11,12,13). The van der Waals surface area contributed by atoms with Gasteiger partial charge in [0.05, 0.1) is 24.5 Å². The average molecular weight is 545 g/mol. The average Bonchev–Trinajstić information content (AvgIpc) is 3.43. The molecule has 37 heavy (non-hydrogen) atoms. The van der Waals surface area contributed by atoms with E-state index in [1.54, 1.807) is 49.5 Å². The highest BCUT2D eigenvalue weighted by Gasteiger charge is 2.23. The van der Waals surface area contributed by atoms with E-state index in [-0.39, 0.29) is 17.7 Å². The van der Waals surface area contributed by atoms with Crippen molar-refractivity contribution in [1.82, 2.24) is 15.4 Å². The number of halogens is 1. The molecular weight excluding hydrogens is 512 g/mol. The molecule has 0 fully saturated rings. The maximum Gasteiger partial charge on any atom is 0.316 e. The Balaban J connectivity index is 0.000000271. The van der Waals surface area contributed by atoms with Crippen molar-refractivity contribution < 1.29 is 19.1 Å². The summed E-state index contributed by atoms with van der Waals surface area (Å²) in [5, 5.41) is 14.0. The van der Waals surface area contributed by atoms with Gasteiger partial charge in [-0.05, 0) is 38.0 Å². The molecule has 0 saturated carbocycles. The maximum atomic E-state index is 12.2. The van der Waals surface area contributed by atoms with Gasteiger partial charge in [0.15, 0.2) is 5.78 Å². The molecule has 8 nitrogen and oxygen atoms in total. The van der Waals surface area contributed by atoms with E-state index in [4.69, 9.17) is 16.3 Å². The number of esters is 1. The number of aromatic amines is 1. The second-order valence-corrected chi connectivity index (χ2v) is 9.71. The van der Waals surface area contributed by atoms with Crippen LogP contribution in [0.1, 0.15) is 55.5 Å². The molecule has 0 aliphatic heterocycles. The monoisotopic (exact) mass is 544 g/mol. The lowest BCUT2D eigenvalue weighted by atomic mass is 9.98. The molecule has 2 aromatic carbocycles. The molecular formula is C27H33ClN4O4S. The Hall–Kier alpha value is -3.17. The van der Waals surface area contributed by atoms with Crippen molar-refractivity contribution >= 4 is 46.7 Å². The van der Waals surface area contributed by atoms with E-state index < -0.39 is 5.92 Å². The van der Waals surface area contributed by atoms with Gasteiger partial charge in [0.1, 0.15) is 5.03 Å². The summed E-state index contributed by atoms with van der Waals surface area (Å²) in [5.74, 6) is -1.20. The van der Waals surface area contributed by atoms with Crippen molar-refractivity contribution in [2.24, 2.45) is 5.92 Å². The van der Waals surface area contributed by atoms with Crippen LogP contribution in [0.2, 0.25) is 5.02 Å². The Morgan fingerprint density at radius 3 is 2.54 bits per heavy atom. The van der Waals surface area contributed by atoms with Crippen LogP contribution in [0, 0.1) is 12.8 Å². The van der Waals surface area contributed by atoms with Crippen molar-refractivity contribution in [3.63, 3.8) is 0 Å². The van der Waals surface area contributed by atoms with Gasteiger partial charge < -0.3 is 10.1 Å². The first-order valence-electron chi connectivity index (χ1n) is 12.1. The van der Waals surface area contributed by atoms with Gasteiger partial charge in [-0.2, -0.15) is 10.3 Å². The van der Waals surface area contributed by atoms with Crippen LogP contribution in [0.5, 0.6) is 0 Å². The van der Waals surface area contributed by atoms with E-state index >= 15 is 0 Å². The molecule has 2 N–H and O–H groups in total. The minimum atomic E-state index is -0.759. The van der Waals surface area contributed by atoms with Crippen LogP contribution >= 0.6 is 23.4 Å². The molecule has 1 atom stereocenters. The second kappa shape index (κ2) is 16.6. The SMILES string of the molecule is CCCCCCOC(=O)CSc1cn[nH]n1.Cc1ccc(Cl)cc1NC(=O)C(C)C(=O)c1ccccc1. The third-order valence-electron chi connectivity index (χ3n) is 5.29. The van der Waals surface area contributed by atoms with E-state index in [2.05, 4.69) is 27.7 Å². The second-order valence-electron chi connectivity index (χ2n) is 8.28. The molecule has 0 aliphatic rings. The number of unbranched alkanes of at least 4 members (excludes halogenated alkanes) is 3. The Kier molecular flexibility index (Phi) is 13.4. The number of aryl methyl sites for hydroxylation is 1. The lowest BCUT2D eigenvalue weighted by Gasteiger charge is -2.13. The predicted octanol–water partition coefficient (Wildman–Crippen LogP) is 6.13. The Labute approximate surface area is 226 Å². The van der Waals surface area contributed by atoms with E-state index in [0.29, 0.717) is 33.7 Å². The summed E-state index contributed by atoms with van der Waals surface area (Å²) in [4.78, 5) is 35.7. The molecule has 1 heterocycles. The van der Waals surface area contributed by atoms with Gasteiger partial charge in [-0.25, -0.2) is 0 Å². The Bertz CT molecular complexity index is 1130. The number of Topliss-reactive ketones (excluding diaryl/α,β-unsaturated/α-hetero) is 1. The maximum absolute atomic E-state index is 12.2. The van der Waals surface area contributed by atoms with Crippen LogP contribution in [-0.4, -0.2) is 45.4 Å². The zero-order chi connectivity index (χ0) is 27.0. The molecule has 1 unspecified atom stereocenters. The van der Waals surface area contributed by atoms with Crippen LogP contribution in [0.15, 0.2) is 59.8 Å². The molecule has 0 aliphatic carbocycles. The number of nitrogens with one attached hydrogen (secondary N) is 2. The van der Waals surface area contributed by atoms with E-state index in [1.165, 1.54) is 24.6 Å². The molecule has 3 aromatic rings. The largest absolute Gasteiger partial charge is 0.465 e. The van der Waals surface area contributed by atoms with Crippen molar-refractivity contribution in [2.45, 2.75) is 51.5 Å². The van der Waals surface area contributed by atoms with Gasteiger partial charge in [0.25, 0.3) is 0 Å². The molecule has 0 spiro atoms. The predicted molar refractivity (Wildman–Crippen MR) is 147 cm³/mol. The summed E-state index contributed by atoms with van der Waals surface area (Å²) in [5.41, 5.74) is 2.05. The summed E-state index contributed by atoms with van der Waals surface area (Å²) in [7, 11) is 0. The number of aromatic nitrogens is 3. The van der Waals surface area contributed by atoms with Gasteiger partial charge in [-0.15, -0.1) is 5.10 Å². The lowest BCUT2D eigenvalue weighted by Crippen LogP contribution is -2.27. The zero-order valence-electron chi connectivity index (χ0n) is 21.3. The van der Waals surface area contributed by atoms with Crippen LogP contribution in [0.25, 0.3) is 0 Å². The summed E-state index contributed by atoms with van der Waals surface area (Å²) in [6.45, 7) is 6.15. The van der Waals surface area contributed by atoms with E-state index in [9.17, 15) is 14.4 Å². The van der Waals surface area contributed by atoms with E-state index in [1.807, 2.05) is 19.1 Å². The van der Waals surface area contributed by atoms with Crippen molar-refractivity contribution in [1.29, 1.82) is 0 Å². The highest BCUT2D eigenvalue weighted by Crippen LogP contribution is 2.21. The number of ketones is 1. The van der Waals surface area contributed by atoms with Crippen molar-refractivity contribution in [3.8, 4) is 0 Å². The van der Waals surface area contributed by atoms with Gasteiger partial charge in [-0.3, -0.25) is 14.4 Å². The number of carbonyl (C=O) groups excluding carboxylic acids is 3. The van der Waals surface area contributed by atoms with Crippen LogP contribution in [-0.2, 0) is 14.3 Å². The molecule has 10 heteroatoms. The minimum Gasteiger partial charge on any atom is -0.465 e. The van der Waals surface area contributed by atoms with Crippen LogP contribution in [0.3, 0.4) is 0 Å². The summed E-state index contributed by atoms with van der Waals surface area (Å²) in [6, 6.07) is 14.0. The Morgan fingerprint density at radius 1 is 1.11 bits per heavy atom. The molecule has 0 bridgehead atoms. The zero-order valence-corrected chi connectivity index (χ0v) is 22.9. The first-order chi connectivity index (χ1) is 17.8. The Morgan fingerprint density at radius 2 is 1.86 bits per heavy atom. The van der Waals surface area contributed by atoms with Crippen LogP contribution in [0.4, 0.5) is 5.69 Å². The van der Waals surface area contributed by atoms with Gasteiger partial charge >= 0.3 is 5.97 Å². The van der Waals surface area contributed by atoms with Crippen molar-refractivity contribution in [3.05, 3.63) is 70.9 Å². The fraction of sp³-hybridized carbons (Fsp3) is 0.370. The topological polar surface area (TPSA) is 114 Å². The summed E-state index contributed by atoms with van der Waals surface area (Å²) in [6.07, 6.45) is 6.05. The van der Waals surface area contributed by atoms with Gasteiger partial charge in [0, 0.05) is 16.3 Å². The molecule has 3 rings (SSSR count). The molecule has 198 valence electrons. The fourth-order valence-corrected chi connectivity index (χ4v) is 3.85. The number of ether oxygens (including phenoxy) is 1. The normalized spacial score (nSPS) is 11.1. The quantitative estimate of drug-likeness (QED) is 0.0926. The van der Waals surface area contributed by atoms with E-state index in [0.717, 1.165) is 18.4 Å². The number of thioether (sulfide) groups is 1. The highest BCUT2D eigenvalue weighted by atomic mass is 35.5. The summed E-state index contributed by atoms with van der Waals surface area (Å²) < 4.78 is 5.07. The first-order valence-corrected chi connectivity index (χ1v) is 13.5. The van der Waals surface area contributed by atoms with Crippen molar-refractivity contribution in [2.75, 3.05) is 17.7 Å². The third-order valence-corrected chi connectivity index (χ3v) is 6.40. The van der Waals surface area contributed by atoms with Crippen LogP contribution < -0.4 is 5.32 Å². The highest BCUT2D eigenvalue weighted by molar-refractivity contribution is 7.99. The number of hydrogen-bond donors (Lipinski definition) is 2. The number of anilines is 1. The first kappa shape index (κ1) is 30.1. The van der Waals surface area contributed by atoms with Gasteiger partial charge in [0.2, 0.25) is 5.91 Å². The van der Waals surface area contributed by atoms with Gasteiger partial charge in [-0.1, -0.05) is 85.9 Å². The number of carbonyl (C=O) groups is 3. The molecule has 0 saturated heterocycles. The molecule has 0 radical (unpaired) electrons. The number of benzene rings is 2. The minimum absolute atomic E-state index is 0.190. The number of nitrogens with zero attached hydrogens (tertiary/aromatic N) is 2. The number of H-pyrrole nitrogens is 1. The number of hydrogen-bond acceptors (Lipinski definition) is 7. The smallest absolute Gasteiger partial charge is 0.316 e. The molecule has 1 amide bonds. The summed E-state index contributed by atoms with van der Waals surface area (Å²) >= 11 is 7.24.